The van der Waals surface area contributed by atoms with Crippen LogP contribution in [0.1, 0.15) is 24.8 Å². The van der Waals surface area contributed by atoms with Crippen molar-refractivity contribution in [2.45, 2.75) is 19.3 Å². The summed E-state index contributed by atoms with van der Waals surface area (Å²) in [7, 11) is 0. The number of piperidine rings is 1. The number of hydrazine groups is 1. The van der Waals surface area contributed by atoms with E-state index in [0.29, 0.717) is 0 Å². The molecule has 1 aromatic carbocycles. The molecule has 114 valence electrons. The van der Waals surface area contributed by atoms with Gasteiger partial charge in [0.1, 0.15) is 0 Å². The summed E-state index contributed by atoms with van der Waals surface area (Å²) < 4.78 is 1.79. The normalized spacial score (nSPS) is 16.0. The standard InChI is InChI=1S/C17H20N4O/c22-17(19-20-11-5-2-6-12-20)10-9-15-13-18-21(14-15)16-7-3-1-4-8-16/h1,3-4,7-10,13-14H,2,5-6,11-12H2,(H,19,22)/b10-9+. The van der Waals surface area contributed by atoms with Gasteiger partial charge in [0, 0.05) is 30.9 Å². The monoisotopic (exact) mass is 296 g/mol. The highest BCUT2D eigenvalue weighted by atomic mass is 16.2. The number of nitrogens with zero attached hydrogens (tertiary/aromatic N) is 3. The van der Waals surface area contributed by atoms with Crippen LogP contribution in [0.4, 0.5) is 0 Å². The number of rotatable bonds is 4. The van der Waals surface area contributed by atoms with Crippen LogP contribution < -0.4 is 5.43 Å². The quantitative estimate of drug-likeness (QED) is 0.881. The lowest BCUT2D eigenvalue weighted by molar-refractivity contribution is -0.121. The molecule has 5 heteroatoms. The lowest BCUT2D eigenvalue weighted by Gasteiger charge is -2.26. The first kappa shape index (κ1) is 14.5. The molecule has 0 bridgehead atoms. The Kier molecular flexibility index (Phi) is 4.65. The third-order valence-electron chi connectivity index (χ3n) is 3.67. The smallest absolute Gasteiger partial charge is 0.258 e. The molecule has 1 saturated heterocycles. The number of nitrogens with one attached hydrogen (secondary N) is 1. The van der Waals surface area contributed by atoms with E-state index in [2.05, 4.69) is 10.5 Å². The molecule has 0 saturated carbocycles. The number of para-hydroxylation sites is 1. The fraction of sp³-hybridized carbons (Fsp3) is 0.294. The summed E-state index contributed by atoms with van der Waals surface area (Å²) in [6.45, 7) is 1.87. The van der Waals surface area contributed by atoms with Crippen molar-refractivity contribution < 1.29 is 4.79 Å². The van der Waals surface area contributed by atoms with Crippen molar-refractivity contribution in [1.82, 2.24) is 20.2 Å². The molecular formula is C17H20N4O. The van der Waals surface area contributed by atoms with Gasteiger partial charge in [-0.05, 0) is 31.1 Å². The zero-order valence-electron chi connectivity index (χ0n) is 12.5. The minimum Gasteiger partial charge on any atom is -0.285 e. The molecular weight excluding hydrogens is 276 g/mol. The summed E-state index contributed by atoms with van der Waals surface area (Å²) in [5.74, 6) is -0.0886. The first-order valence-electron chi connectivity index (χ1n) is 7.65. The lowest BCUT2D eigenvalue weighted by Crippen LogP contribution is -2.44. The first-order chi connectivity index (χ1) is 10.8. The molecule has 0 aliphatic carbocycles. The summed E-state index contributed by atoms with van der Waals surface area (Å²) in [5, 5.41) is 6.29. The molecule has 1 N–H and O–H groups in total. The van der Waals surface area contributed by atoms with E-state index in [4.69, 9.17) is 0 Å². The van der Waals surface area contributed by atoms with Crippen LogP contribution in [-0.2, 0) is 4.79 Å². The van der Waals surface area contributed by atoms with E-state index in [-0.39, 0.29) is 5.91 Å². The zero-order chi connectivity index (χ0) is 15.2. The maximum Gasteiger partial charge on any atom is 0.258 e. The molecule has 0 atom stereocenters. The third-order valence-corrected chi connectivity index (χ3v) is 3.67. The number of hydrogen-bond acceptors (Lipinski definition) is 3. The predicted molar refractivity (Wildman–Crippen MR) is 86.2 cm³/mol. The molecule has 3 rings (SSSR count). The van der Waals surface area contributed by atoms with Crippen LogP contribution in [0.15, 0.2) is 48.8 Å². The topological polar surface area (TPSA) is 50.2 Å². The van der Waals surface area contributed by atoms with Crippen LogP contribution in [0.25, 0.3) is 11.8 Å². The van der Waals surface area contributed by atoms with E-state index in [1.165, 1.54) is 6.42 Å². The second-order valence-corrected chi connectivity index (χ2v) is 5.41. The SMILES string of the molecule is O=C(/C=C/c1cnn(-c2ccccc2)c1)NN1CCCCC1. The van der Waals surface area contributed by atoms with Gasteiger partial charge in [0.2, 0.25) is 0 Å². The van der Waals surface area contributed by atoms with Crippen molar-refractivity contribution in [3.8, 4) is 5.69 Å². The molecule has 2 aromatic rings. The van der Waals surface area contributed by atoms with Gasteiger partial charge in [0.15, 0.2) is 0 Å². The number of aromatic nitrogens is 2. The van der Waals surface area contributed by atoms with Crippen LogP contribution in [0.3, 0.4) is 0 Å². The number of benzene rings is 1. The van der Waals surface area contributed by atoms with Crippen molar-refractivity contribution in [3.63, 3.8) is 0 Å². The number of amides is 1. The molecule has 0 radical (unpaired) electrons. The largest absolute Gasteiger partial charge is 0.285 e. The summed E-state index contributed by atoms with van der Waals surface area (Å²) in [6, 6.07) is 9.89. The van der Waals surface area contributed by atoms with Gasteiger partial charge in [-0.2, -0.15) is 5.10 Å². The Labute approximate surface area is 130 Å². The van der Waals surface area contributed by atoms with Gasteiger partial charge in [-0.3, -0.25) is 10.2 Å². The summed E-state index contributed by atoms with van der Waals surface area (Å²) in [6.07, 6.45) is 10.5. The van der Waals surface area contributed by atoms with Crippen molar-refractivity contribution in [3.05, 3.63) is 54.4 Å². The Morgan fingerprint density at radius 1 is 1.14 bits per heavy atom. The fourth-order valence-corrected chi connectivity index (χ4v) is 2.52. The number of hydrogen-bond donors (Lipinski definition) is 1. The molecule has 2 heterocycles. The molecule has 5 nitrogen and oxygen atoms in total. The highest BCUT2D eigenvalue weighted by Gasteiger charge is 2.10. The predicted octanol–water partition coefficient (Wildman–Crippen LogP) is 2.40. The molecule has 1 fully saturated rings. The Hall–Kier alpha value is -2.40. The Morgan fingerprint density at radius 2 is 1.91 bits per heavy atom. The molecule has 22 heavy (non-hydrogen) atoms. The van der Waals surface area contributed by atoms with E-state index in [1.54, 1.807) is 23.0 Å². The van der Waals surface area contributed by atoms with Crippen LogP contribution in [0.5, 0.6) is 0 Å². The zero-order valence-corrected chi connectivity index (χ0v) is 12.5. The van der Waals surface area contributed by atoms with Crippen LogP contribution in [0.2, 0.25) is 0 Å². The maximum absolute atomic E-state index is 11.9. The Bertz CT molecular complexity index is 642. The van der Waals surface area contributed by atoms with Crippen LogP contribution in [0, 0.1) is 0 Å². The molecule has 1 aliphatic heterocycles. The number of carbonyl (C=O) groups is 1. The van der Waals surface area contributed by atoms with Gasteiger partial charge < -0.3 is 0 Å². The van der Waals surface area contributed by atoms with Crippen molar-refractivity contribution in [2.75, 3.05) is 13.1 Å². The van der Waals surface area contributed by atoms with E-state index >= 15 is 0 Å². The van der Waals surface area contributed by atoms with Crippen molar-refractivity contribution >= 4 is 12.0 Å². The highest BCUT2D eigenvalue weighted by Crippen LogP contribution is 2.09. The fourth-order valence-electron chi connectivity index (χ4n) is 2.52. The maximum atomic E-state index is 11.9. The molecule has 0 unspecified atom stereocenters. The summed E-state index contributed by atoms with van der Waals surface area (Å²) in [5.41, 5.74) is 4.81. The van der Waals surface area contributed by atoms with Gasteiger partial charge in [-0.1, -0.05) is 24.6 Å². The molecule has 1 aliphatic rings. The average Bonchev–Trinajstić information content (AvgIpc) is 3.04. The lowest BCUT2D eigenvalue weighted by atomic mass is 10.2. The van der Waals surface area contributed by atoms with Gasteiger partial charge in [-0.15, -0.1) is 0 Å². The number of carbonyl (C=O) groups excluding carboxylic acids is 1. The second-order valence-electron chi connectivity index (χ2n) is 5.41. The molecule has 0 spiro atoms. The van der Waals surface area contributed by atoms with Gasteiger partial charge >= 0.3 is 0 Å². The molecule has 1 aromatic heterocycles. The average molecular weight is 296 g/mol. The Balaban J connectivity index is 1.58. The highest BCUT2D eigenvalue weighted by molar-refractivity contribution is 5.91. The van der Waals surface area contributed by atoms with Crippen molar-refractivity contribution in [2.24, 2.45) is 0 Å². The van der Waals surface area contributed by atoms with Gasteiger partial charge in [-0.25, -0.2) is 9.69 Å². The summed E-state index contributed by atoms with van der Waals surface area (Å²) in [4.78, 5) is 11.9. The minimum absolute atomic E-state index is 0.0886. The van der Waals surface area contributed by atoms with E-state index in [0.717, 1.165) is 37.2 Å². The minimum atomic E-state index is -0.0886. The van der Waals surface area contributed by atoms with Crippen LogP contribution >= 0.6 is 0 Å². The first-order valence-corrected chi connectivity index (χ1v) is 7.65. The van der Waals surface area contributed by atoms with E-state index < -0.39 is 0 Å². The summed E-state index contributed by atoms with van der Waals surface area (Å²) >= 11 is 0. The van der Waals surface area contributed by atoms with Gasteiger partial charge in [0.05, 0.1) is 11.9 Å². The van der Waals surface area contributed by atoms with Gasteiger partial charge in [0.25, 0.3) is 5.91 Å². The molecule has 1 amide bonds. The Morgan fingerprint density at radius 3 is 2.68 bits per heavy atom. The van der Waals surface area contributed by atoms with Crippen LogP contribution in [-0.4, -0.2) is 33.8 Å². The van der Waals surface area contributed by atoms with E-state index in [9.17, 15) is 4.79 Å². The van der Waals surface area contributed by atoms with Crippen molar-refractivity contribution in [1.29, 1.82) is 0 Å². The third kappa shape index (κ3) is 3.83. The second kappa shape index (κ2) is 7.04. The van der Waals surface area contributed by atoms with E-state index in [1.807, 2.05) is 41.5 Å².